The van der Waals surface area contributed by atoms with Crippen molar-refractivity contribution < 1.29 is 13.0 Å². The van der Waals surface area contributed by atoms with Crippen molar-refractivity contribution in [3.63, 3.8) is 0 Å². The van der Waals surface area contributed by atoms with Crippen LogP contribution in [0, 0.1) is 5.92 Å². The second-order valence-electron chi connectivity index (χ2n) is 4.08. The predicted octanol–water partition coefficient (Wildman–Crippen LogP) is 2.69. The standard InChI is InChI=1S/C11H16O3S/c1-8(2)9(3)10-4-6-11(7-5-10)15(12,13)14/h4-9H,1-3H3,(H,12,13,14). The van der Waals surface area contributed by atoms with Crippen molar-refractivity contribution in [2.75, 3.05) is 0 Å². The minimum atomic E-state index is -4.07. The fraction of sp³-hybridized carbons (Fsp3) is 0.455. The molecule has 15 heavy (non-hydrogen) atoms. The van der Waals surface area contributed by atoms with Gasteiger partial charge in [-0.25, -0.2) is 0 Å². The summed E-state index contributed by atoms with van der Waals surface area (Å²) in [6.07, 6.45) is 0. The van der Waals surface area contributed by atoms with E-state index in [1.807, 2.05) is 0 Å². The minimum Gasteiger partial charge on any atom is -0.282 e. The van der Waals surface area contributed by atoms with Gasteiger partial charge in [0.1, 0.15) is 0 Å². The van der Waals surface area contributed by atoms with Crippen LogP contribution in [0.1, 0.15) is 32.3 Å². The molecule has 4 heteroatoms. The first-order chi connectivity index (χ1) is 6.82. The second kappa shape index (κ2) is 4.33. The molecule has 1 rings (SSSR count). The largest absolute Gasteiger partial charge is 0.294 e. The first-order valence-electron chi connectivity index (χ1n) is 4.90. The van der Waals surface area contributed by atoms with Gasteiger partial charge in [-0.15, -0.1) is 0 Å². The molecule has 0 radical (unpaired) electrons. The van der Waals surface area contributed by atoms with Gasteiger partial charge in [0, 0.05) is 0 Å². The molecule has 0 aliphatic rings. The van der Waals surface area contributed by atoms with E-state index >= 15 is 0 Å². The van der Waals surface area contributed by atoms with Crippen molar-refractivity contribution >= 4 is 10.1 Å². The van der Waals surface area contributed by atoms with Gasteiger partial charge in [-0.3, -0.25) is 4.55 Å². The molecule has 0 bridgehead atoms. The van der Waals surface area contributed by atoms with Gasteiger partial charge in [-0.1, -0.05) is 32.9 Å². The highest BCUT2D eigenvalue weighted by molar-refractivity contribution is 7.85. The summed E-state index contributed by atoms with van der Waals surface area (Å²) in [5.41, 5.74) is 1.08. The zero-order valence-corrected chi connectivity index (χ0v) is 9.95. The van der Waals surface area contributed by atoms with Gasteiger partial charge < -0.3 is 0 Å². The molecule has 0 aromatic heterocycles. The van der Waals surface area contributed by atoms with Gasteiger partial charge in [0.2, 0.25) is 0 Å². The fourth-order valence-corrected chi connectivity index (χ4v) is 1.81. The van der Waals surface area contributed by atoms with Crippen LogP contribution in [-0.4, -0.2) is 13.0 Å². The zero-order valence-electron chi connectivity index (χ0n) is 9.14. The van der Waals surface area contributed by atoms with Crippen LogP contribution in [0.2, 0.25) is 0 Å². The Bertz CT molecular complexity index is 418. The van der Waals surface area contributed by atoms with Crippen LogP contribution in [-0.2, 0) is 10.1 Å². The number of hydrogen-bond acceptors (Lipinski definition) is 2. The third-order valence-corrected chi connectivity index (χ3v) is 3.57. The summed E-state index contributed by atoms with van der Waals surface area (Å²) >= 11 is 0. The summed E-state index contributed by atoms with van der Waals surface area (Å²) < 4.78 is 30.4. The summed E-state index contributed by atoms with van der Waals surface area (Å²) in [6.45, 7) is 6.32. The van der Waals surface area contributed by atoms with Gasteiger partial charge >= 0.3 is 0 Å². The lowest BCUT2D eigenvalue weighted by Crippen LogP contribution is -2.03. The molecule has 0 aliphatic carbocycles. The SMILES string of the molecule is CC(C)C(C)c1ccc(S(=O)(=O)O)cc1. The highest BCUT2D eigenvalue weighted by atomic mass is 32.2. The zero-order chi connectivity index (χ0) is 11.6. The third-order valence-electron chi connectivity index (χ3n) is 2.70. The molecule has 1 atom stereocenters. The van der Waals surface area contributed by atoms with E-state index in [4.69, 9.17) is 4.55 Å². The van der Waals surface area contributed by atoms with Crippen molar-refractivity contribution in [2.45, 2.75) is 31.6 Å². The van der Waals surface area contributed by atoms with Crippen LogP contribution in [0.5, 0.6) is 0 Å². The van der Waals surface area contributed by atoms with Crippen LogP contribution < -0.4 is 0 Å². The van der Waals surface area contributed by atoms with Crippen LogP contribution in [0.25, 0.3) is 0 Å². The Morgan fingerprint density at radius 3 is 1.87 bits per heavy atom. The molecule has 1 unspecified atom stereocenters. The quantitative estimate of drug-likeness (QED) is 0.809. The van der Waals surface area contributed by atoms with Crippen LogP contribution >= 0.6 is 0 Å². The van der Waals surface area contributed by atoms with E-state index in [-0.39, 0.29) is 4.90 Å². The van der Waals surface area contributed by atoms with Crippen LogP contribution in [0.15, 0.2) is 29.2 Å². The van der Waals surface area contributed by atoms with E-state index in [0.29, 0.717) is 11.8 Å². The summed E-state index contributed by atoms with van der Waals surface area (Å²) in [4.78, 5) is -0.0535. The molecule has 0 fully saturated rings. The molecule has 0 aliphatic heterocycles. The van der Waals surface area contributed by atoms with Crippen molar-refractivity contribution in [2.24, 2.45) is 5.92 Å². The van der Waals surface area contributed by atoms with Crippen molar-refractivity contribution in [3.05, 3.63) is 29.8 Å². The Morgan fingerprint density at radius 2 is 1.53 bits per heavy atom. The molecule has 84 valence electrons. The molecule has 0 amide bonds. The highest BCUT2D eigenvalue weighted by Crippen LogP contribution is 2.24. The summed E-state index contributed by atoms with van der Waals surface area (Å²) in [5.74, 6) is 0.877. The summed E-state index contributed by atoms with van der Waals surface area (Å²) in [5, 5.41) is 0. The van der Waals surface area contributed by atoms with E-state index in [1.165, 1.54) is 12.1 Å². The molecular formula is C11H16O3S. The lowest BCUT2D eigenvalue weighted by atomic mass is 9.90. The average molecular weight is 228 g/mol. The first-order valence-corrected chi connectivity index (χ1v) is 6.34. The van der Waals surface area contributed by atoms with E-state index in [9.17, 15) is 8.42 Å². The van der Waals surface area contributed by atoms with Crippen LogP contribution in [0.3, 0.4) is 0 Å². The Morgan fingerprint density at radius 1 is 1.07 bits per heavy atom. The maximum Gasteiger partial charge on any atom is 0.294 e. The Labute approximate surface area is 90.9 Å². The first kappa shape index (κ1) is 12.2. The van der Waals surface area contributed by atoms with Gasteiger partial charge in [0.25, 0.3) is 10.1 Å². The second-order valence-corrected chi connectivity index (χ2v) is 5.50. The highest BCUT2D eigenvalue weighted by Gasteiger charge is 2.12. The number of rotatable bonds is 3. The predicted molar refractivity (Wildman–Crippen MR) is 59.5 cm³/mol. The molecule has 1 aromatic carbocycles. The van der Waals surface area contributed by atoms with E-state index in [1.54, 1.807) is 12.1 Å². The van der Waals surface area contributed by atoms with Gasteiger partial charge in [0.15, 0.2) is 0 Å². The Balaban J connectivity index is 3.01. The maximum atomic E-state index is 10.8. The third kappa shape index (κ3) is 3.04. The smallest absolute Gasteiger partial charge is 0.282 e. The summed E-state index contributed by atoms with van der Waals surface area (Å²) in [7, 11) is -4.07. The van der Waals surface area contributed by atoms with E-state index in [0.717, 1.165) is 5.56 Å². The van der Waals surface area contributed by atoms with E-state index in [2.05, 4.69) is 20.8 Å². The van der Waals surface area contributed by atoms with Crippen molar-refractivity contribution in [1.29, 1.82) is 0 Å². The molecule has 0 heterocycles. The molecule has 0 saturated heterocycles. The molecule has 0 saturated carbocycles. The minimum absolute atomic E-state index is 0.0535. The van der Waals surface area contributed by atoms with Crippen molar-refractivity contribution in [1.82, 2.24) is 0 Å². The van der Waals surface area contributed by atoms with E-state index < -0.39 is 10.1 Å². The Hall–Kier alpha value is -0.870. The Kier molecular flexibility index (Phi) is 3.52. The lowest BCUT2D eigenvalue weighted by molar-refractivity contribution is 0.483. The molecule has 1 N–H and O–H groups in total. The number of benzene rings is 1. The van der Waals surface area contributed by atoms with Gasteiger partial charge in [0.05, 0.1) is 4.90 Å². The molecule has 1 aromatic rings. The van der Waals surface area contributed by atoms with Crippen LogP contribution in [0.4, 0.5) is 0 Å². The number of hydrogen-bond donors (Lipinski definition) is 1. The average Bonchev–Trinajstić information content (AvgIpc) is 2.15. The van der Waals surface area contributed by atoms with Gasteiger partial charge in [-0.2, -0.15) is 8.42 Å². The summed E-state index contributed by atoms with van der Waals surface area (Å²) in [6, 6.07) is 6.36. The topological polar surface area (TPSA) is 54.4 Å². The monoisotopic (exact) mass is 228 g/mol. The molecular weight excluding hydrogens is 212 g/mol. The fourth-order valence-electron chi connectivity index (χ4n) is 1.33. The van der Waals surface area contributed by atoms with Gasteiger partial charge in [-0.05, 0) is 29.5 Å². The van der Waals surface area contributed by atoms with Crippen molar-refractivity contribution in [3.8, 4) is 0 Å². The lowest BCUT2D eigenvalue weighted by Gasteiger charge is -2.15. The molecule has 3 nitrogen and oxygen atoms in total. The normalized spacial score (nSPS) is 14.2. The maximum absolute atomic E-state index is 10.8. The molecule has 0 spiro atoms.